The van der Waals surface area contributed by atoms with Crippen LogP contribution in [0.15, 0.2) is 22.7 Å². The highest BCUT2D eigenvalue weighted by Gasteiger charge is 2.35. The van der Waals surface area contributed by atoms with Crippen LogP contribution >= 0.6 is 15.9 Å². The number of carbonyl (C=O) groups excluding carboxylic acids is 2. The number of para-hydroxylation sites is 1. The SMILES string of the molecule is CCC(=O)C1CCCN(c2c(F)cccc2Br)C1=O. The van der Waals surface area contributed by atoms with Gasteiger partial charge in [0.15, 0.2) is 0 Å². The molecule has 0 aliphatic carbocycles. The van der Waals surface area contributed by atoms with Crippen molar-refractivity contribution in [3.05, 3.63) is 28.5 Å². The summed E-state index contributed by atoms with van der Waals surface area (Å²) < 4.78 is 14.4. The number of rotatable bonds is 3. The molecule has 1 saturated heterocycles. The quantitative estimate of drug-likeness (QED) is 0.799. The number of Topliss-reactive ketones (excluding diaryl/α,β-unsaturated/α-hetero) is 1. The molecule has 19 heavy (non-hydrogen) atoms. The predicted octanol–water partition coefficient (Wildman–Crippen LogP) is 3.31. The molecule has 3 nitrogen and oxygen atoms in total. The van der Waals surface area contributed by atoms with Crippen LogP contribution in [0.2, 0.25) is 0 Å². The molecule has 102 valence electrons. The highest BCUT2D eigenvalue weighted by molar-refractivity contribution is 9.10. The fourth-order valence-electron chi connectivity index (χ4n) is 2.39. The largest absolute Gasteiger partial charge is 0.308 e. The van der Waals surface area contributed by atoms with Crippen molar-refractivity contribution >= 4 is 33.3 Å². The molecule has 1 fully saturated rings. The van der Waals surface area contributed by atoms with E-state index in [-0.39, 0.29) is 17.4 Å². The molecular weight excluding hydrogens is 313 g/mol. The van der Waals surface area contributed by atoms with Gasteiger partial charge in [0.2, 0.25) is 5.91 Å². The lowest BCUT2D eigenvalue weighted by Gasteiger charge is -2.32. The number of halogens is 2. The third-order valence-electron chi connectivity index (χ3n) is 3.38. The summed E-state index contributed by atoms with van der Waals surface area (Å²) in [5.74, 6) is -1.43. The van der Waals surface area contributed by atoms with Gasteiger partial charge >= 0.3 is 0 Å². The van der Waals surface area contributed by atoms with E-state index >= 15 is 0 Å². The van der Waals surface area contributed by atoms with Gasteiger partial charge in [-0.05, 0) is 40.9 Å². The van der Waals surface area contributed by atoms with Gasteiger partial charge in [0.1, 0.15) is 11.6 Å². The number of amides is 1. The zero-order valence-electron chi connectivity index (χ0n) is 10.7. The second-order valence-corrected chi connectivity index (χ2v) is 5.43. The van der Waals surface area contributed by atoms with Gasteiger partial charge in [0.25, 0.3) is 0 Å². The lowest BCUT2D eigenvalue weighted by atomic mass is 9.91. The number of benzene rings is 1. The minimum absolute atomic E-state index is 0.0674. The second-order valence-electron chi connectivity index (χ2n) is 4.57. The van der Waals surface area contributed by atoms with Gasteiger partial charge in [-0.2, -0.15) is 0 Å². The van der Waals surface area contributed by atoms with E-state index in [1.54, 1.807) is 19.1 Å². The Hall–Kier alpha value is -1.23. The fourth-order valence-corrected chi connectivity index (χ4v) is 2.95. The molecule has 1 aromatic carbocycles. The summed E-state index contributed by atoms with van der Waals surface area (Å²) in [5, 5.41) is 0. The van der Waals surface area contributed by atoms with Crippen LogP contribution in [-0.2, 0) is 9.59 Å². The highest BCUT2D eigenvalue weighted by atomic mass is 79.9. The van der Waals surface area contributed by atoms with Gasteiger partial charge in [0, 0.05) is 17.4 Å². The summed E-state index contributed by atoms with van der Waals surface area (Å²) >= 11 is 3.27. The summed E-state index contributed by atoms with van der Waals surface area (Å²) in [6, 6.07) is 4.58. The monoisotopic (exact) mass is 327 g/mol. The number of piperidine rings is 1. The van der Waals surface area contributed by atoms with E-state index in [9.17, 15) is 14.0 Å². The normalized spacial score (nSPS) is 19.6. The van der Waals surface area contributed by atoms with Crippen molar-refractivity contribution in [1.82, 2.24) is 0 Å². The van der Waals surface area contributed by atoms with Gasteiger partial charge < -0.3 is 4.90 Å². The van der Waals surface area contributed by atoms with Crippen molar-refractivity contribution in [3.63, 3.8) is 0 Å². The van der Waals surface area contributed by atoms with Gasteiger partial charge in [0.05, 0.1) is 11.6 Å². The van der Waals surface area contributed by atoms with E-state index in [2.05, 4.69) is 15.9 Å². The number of anilines is 1. The third-order valence-corrected chi connectivity index (χ3v) is 4.02. The number of ketones is 1. The predicted molar refractivity (Wildman–Crippen MR) is 74.5 cm³/mol. The molecule has 1 aliphatic rings. The Morgan fingerprint density at radius 1 is 1.53 bits per heavy atom. The average molecular weight is 328 g/mol. The minimum Gasteiger partial charge on any atom is -0.308 e. The molecule has 5 heteroatoms. The maximum Gasteiger partial charge on any atom is 0.237 e. The number of hydrogen-bond acceptors (Lipinski definition) is 2. The van der Waals surface area contributed by atoms with Crippen molar-refractivity contribution in [3.8, 4) is 0 Å². The molecule has 0 N–H and O–H groups in total. The topological polar surface area (TPSA) is 37.4 Å². The standard InChI is InChI=1S/C14H15BrFNO2/c1-2-12(18)9-5-4-8-17(14(9)19)13-10(15)6-3-7-11(13)16/h3,6-7,9H,2,4-5,8H2,1H3. The van der Waals surface area contributed by atoms with Crippen LogP contribution in [0.5, 0.6) is 0 Å². The van der Waals surface area contributed by atoms with E-state index < -0.39 is 11.7 Å². The molecule has 1 heterocycles. The van der Waals surface area contributed by atoms with Gasteiger partial charge in [-0.1, -0.05) is 13.0 Å². The molecule has 1 aromatic rings. The Balaban J connectivity index is 2.35. The van der Waals surface area contributed by atoms with Crippen LogP contribution in [0.25, 0.3) is 0 Å². The Bertz CT molecular complexity index is 498. The van der Waals surface area contributed by atoms with Crippen molar-refractivity contribution < 1.29 is 14.0 Å². The number of carbonyl (C=O) groups is 2. The van der Waals surface area contributed by atoms with Crippen molar-refractivity contribution in [2.75, 3.05) is 11.4 Å². The lowest BCUT2D eigenvalue weighted by Crippen LogP contribution is -2.44. The molecule has 0 saturated carbocycles. The van der Waals surface area contributed by atoms with Crippen LogP contribution in [0, 0.1) is 11.7 Å². The molecule has 1 aliphatic heterocycles. The van der Waals surface area contributed by atoms with E-state index in [0.717, 1.165) is 0 Å². The summed E-state index contributed by atoms with van der Waals surface area (Å²) in [4.78, 5) is 25.5. The first-order valence-corrected chi connectivity index (χ1v) is 7.13. The Kier molecular flexibility index (Phi) is 4.34. The molecule has 0 bridgehead atoms. The van der Waals surface area contributed by atoms with E-state index in [4.69, 9.17) is 0 Å². The summed E-state index contributed by atoms with van der Waals surface area (Å²) in [6.07, 6.45) is 1.61. The molecule has 0 spiro atoms. The third kappa shape index (κ3) is 2.71. The Labute approximate surface area is 119 Å². The lowest BCUT2D eigenvalue weighted by molar-refractivity contribution is -0.133. The molecular formula is C14H15BrFNO2. The van der Waals surface area contributed by atoms with Crippen molar-refractivity contribution in [1.29, 1.82) is 0 Å². The average Bonchev–Trinajstić information content (AvgIpc) is 2.39. The first-order chi connectivity index (χ1) is 9.06. The zero-order valence-corrected chi connectivity index (χ0v) is 12.2. The molecule has 2 rings (SSSR count). The van der Waals surface area contributed by atoms with Crippen LogP contribution in [-0.4, -0.2) is 18.2 Å². The molecule has 1 amide bonds. The van der Waals surface area contributed by atoms with Crippen LogP contribution in [0.3, 0.4) is 0 Å². The van der Waals surface area contributed by atoms with Gasteiger partial charge in [-0.25, -0.2) is 4.39 Å². The second kappa shape index (κ2) is 5.82. The van der Waals surface area contributed by atoms with Gasteiger partial charge in [-0.3, -0.25) is 9.59 Å². The van der Waals surface area contributed by atoms with Gasteiger partial charge in [-0.15, -0.1) is 0 Å². The summed E-state index contributed by atoms with van der Waals surface area (Å²) in [6.45, 7) is 2.19. The number of nitrogens with zero attached hydrogens (tertiary/aromatic N) is 1. The van der Waals surface area contributed by atoms with Crippen LogP contribution in [0.4, 0.5) is 10.1 Å². The highest BCUT2D eigenvalue weighted by Crippen LogP contribution is 2.33. The van der Waals surface area contributed by atoms with Crippen molar-refractivity contribution in [2.24, 2.45) is 5.92 Å². The first-order valence-electron chi connectivity index (χ1n) is 6.34. The maximum absolute atomic E-state index is 13.9. The summed E-state index contributed by atoms with van der Waals surface area (Å²) in [5.41, 5.74) is 0.237. The number of hydrogen-bond donors (Lipinski definition) is 0. The summed E-state index contributed by atoms with van der Waals surface area (Å²) in [7, 11) is 0. The smallest absolute Gasteiger partial charge is 0.237 e. The zero-order chi connectivity index (χ0) is 14.0. The van der Waals surface area contributed by atoms with Crippen molar-refractivity contribution in [2.45, 2.75) is 26.2 Å². The maximum atomic E-state index is 13.9. The van der Waals surface area contributed by atoms with E-state index in [0.29, 0.717) is 30.3 Å². The molecule has 0 aromatic heterocycles. The first kappa shape index (κ1) is 14.2. The van der Waals surface area contributed by atoms with Crippen LogP contribution in [0.1, 0.15) is 26.2 Å². The van der Waals surface area contributed by atoms with E-state index in [1.165, 1.54) is 11.0 Å². The van der Waals surface area contributed by atoms with E-state index in [1.807, 2.05) is 0 Å². The molecule has 1 atom stereocenters. The molecule has 0 radical (unpaired) electrons. The fraction of sp³-hybridized carbons (Fsp3) is 0.429. The minimum atomic E-state index is -0.620. The Morgan fingerprint density at radius 3 is 2.89 bits per heavy atom. The molecule has 1 unspecified atom stereocenters. The van der Waals surface area contributed by atoms with Crippen LogP contribution < -0.4 is 4.90 Å². The Morgan fingerprint density at radius 2 is 2.26 bits per heavy atom.